The van der Waals surface area contributed by atoms with Gasteiger partial charge in [-0.15, -0.1) is 5.10 Å². The summed E-state index contributed by atoms with van der Waals surface area (Å²) in [5, 5.41) is 5.12. The molecule has 3 rings (SSSR count). The standard InChI is InChI=1S/C15H19N5OS/c1-10-12(9-13(21)19-7-5-4-6-8-19)11(2)20-14(16-10)17-15(18-20)22-3/h4-5H,6-9H2,1-3H3. The summed E-state index contributed by atoms with van der Waals surface area (Å²) >= 11 is 1.49. The lowest BCUT2D eigenvalue weighted by atomic mass is 10.1. The van der Waals surface area contributed by atoms with E-state index in [-0.39, 0.29) is 5.91 Å². The minimum Gasteiger partial charge on any atom is -0.338 e. The molecule has 1 amide bonds. The second kappa shape index (κ2) is 6.08. The molecule has 6 nitrogen and oxygen atoms in total. The molecule has 2 aromatic rings. The fourth-order valence-electron chi connectivity index (χ4n) is 2.66. The van der Waals surface area contributed by atoms with Crippen LogP contribution in [0.1, 0.15) is 23.4 Å². The van der Waals surface area contributed by atoms with Crippen molar-refractivity contribution in [2.75, 3.05) is 19.3 Å². The van der Waals surface area contributed by atoms with Gasteiger partial charge in [0, 0.05) is 30.0 Å². The Balaban J connectivity index is 1.92. The van der Waals surface area contributed by atoms with Gasteiger partial charge in [0.05, 0.1) is 6.42 Å². The third kappa shape index (κ3) is 2.72. The highest BCUT2D eigenvalue weighted by atomic mass is 32.2. The number of hydrogen-bond donors (Lipinski definition) is 0. The van der Waals surface area contributed by atoms with Crippen LogP contribution in [0.3, 0.4) is 0 Å². The van der Waals surface area contributed by atoms with E-state index in [0.717, 1.165) is 29.9 Å². The highest BCUT2D eigenvalue weighted by Gasteiger charge is 2.19. The summed E-state index contributed by atoms with van der Waals surface area (Å²) in [4.78, 5) is 23.2. The van der Waals surface area contributed by atoms with Crippen molar-refractivity contribution in [2.24, 2.45) is 0 Å². The average molecular weight is 317 g/mol. The lowest BCUT2D eigenvalue weighted by Crippen LogP contribution is -2.35. The third-order valence-corrected chi connectivity index (χ3v) is 4.49. The van der Waals surface area contributed by atoms with Crippen molar-refractivity contribution in [3.63, 3.8) is 0 Å². The summed E-state index contributed by atoms with van der Waals surface area (Å²) < 4.78 is 1.73. The zero-order chi connectivity index (χ0) is 15.7. The predicted octanol–water partition coefficient (Wildman–Crippen LogP) is 1.79. The van der Waals surface area contributed by atoms with Crippen LogP contribution in [0.4, 0.5) is 0 Å². The first-order valence-electron chi connectivity index (χ1n) is 7.29. The zero-order valence-electron chi connectivity index (χ0n) is 13.0. The maximum absolute atomic E-state index is 12.5. The molecule has 0 bridgehead atoms. The van der Waals surface area contributed by atoms with Crippen molar-refractivity contribution in [3.05, 3.63) is 29.1 Å². The summed E-state index contributed by atoms with van der Waals surface area (Å²) in [5.74, 6) is 0.735. The molecule has 0 aliphatic carbocycles. The van der Waals surface area contributed by atoms with Crippen molar-refractivity contribution in [1.29, 1.82) is 0 Å². The molecular weight excluding hydrogens is 298 g/mol. The quantitative estimate of drug-likeness (QED) is 0.638. The maximum Gasteiger partial charge on any atom is 0.253 e. The molecule has 1 aliphatic heterocycles. The van der Waals surface area contributed by atoms with Gasteiger partial charge in [-0.05, 0) is 26.5 Å². The molecule has 0 spiro atoms. The minimum atomic E-state index is 0.141. The molecule has 0 saturated carbocycles. The van der Waals surface area contributed by atoms with Gasteiger partial charge >= 0.3 is 0 Å². The first-order valence-corrected chi connectivity index (χ1v) is 8.52. The first-order chi connectivity index (χ1) is 10.6. The van der Waals surface area contributed by atoms with Crippen molar-refractivity contribution >= 4 is 23.4 Å². The Morgan fingerprint density at radius 2 is 2.14 bits per heavy atom. The second-order valence-electron chi connectivity index (χ2n) is 5.35. The molecular formula is C15H19N5OS. The molecule has 1 aliphatic rings. The van der Waals surface area contributed by atoms with Crippen LogP contribution in [0.2, 0.25) is 0 Å². The number of fused-ring (bicyclic) bond motifs is 1. The van der Waals surface area contributed by atoms with E-state index in [4.69, 9.17) is 0 Å². The molecule has 0 saturated heterocycles. The lowest BCUT2D eigenvalue weighted by molar-refractivity contribution is -0.130. The van der Waals surface area contributed by atoms with Crippen molar-refractivity contribution in [3.8, 4) is 0 Å². The molecule has 0 N–H and O–H groups in total. The maximum atomic E-state index is 12.5. The van der Waals surface area contributed by atoms with Gasteiger partial charge in [0.2, 0.25) is 11.1 Å². The fourth-order valence-corrected chi connectivity index (χ4v) is 3.00. The number of aryl methyl sites for hydroxylation is 2. The predicted molar refractivity (Wildman–Crippen MR) is 86.1 cm³/mol. The molecule has 0 aromatic carbocycles. The van der Waals surface area contributed by atoms with Gasteiger partial charge in [-0.1, -0.05) is 23.9 Å². The van der Waals surface area contributed by atoms with Gasteiger partial charge in [-0.2, -0.15) is 4.98 Å². The summed E-state index contributed by atoms with van der Waals surface area (Å²) in [7, 11) is 0. The Morgan fingerprint density at radius 3 is 2.82 bits per heavy atom. The van der Waals surface area contributed by atoms with E-state index in [9.17, 15) is 4.79 Å². The number of rotatable bonds is 3. The lowest BCUT2D eigenvalue weighted by Gasteiger charge is -2.24. The number of hydrogen-bond acceptors (Lipinski definition) is 5. The summed E-state index contributed by atoms with van der Waals surface area (Å²) in [6, 6.07) is 0. The molecule has 22 heavy (non-hydrogen) atoms. The Hall–Kier alpha value is -1.89. The summed E-state index contributed by atoms with van der Waals surface area (Å²) in [5.41, 5.74) is 2.74. The van der Waals surface area contributed by atoms with E-state index in [1.54, 1.807) is 4.52 Å². The van der Waals surface area contributed by atoms with Crippen LogP contribution in [-0.4, -0.2) is 49.7 Å². The van der Waals surface area contributed by atoms with Crippen LogP contribution >= 0.6 is 11.8 Å². The van der Waals surface area contributed by atoms with Gasteiger partial charge in [-0.3, -0.25) is 4.79 Å². The Morgan fingerprint density at radius 1 is 1.32 bits per heavy atom. The number of thioether (sulfide) groups is 1. The molecule has 0 fully saturated rings. The number of amides is 1. The smallest absolute Gasteiger partial charge is 0.253 e. The van der Waals surface area contributed by atoms with E-state index in [1.165, 1.54) is 11.8 Å². The fraction of sp³-hybridized carbons (Fsp3) is 0.467. The first kappa shape index (κ1) is 15.0. The molecule has 3 heterocycles. The highest BCUT2D eigenvalue weighted by Crippen LogP contribution is 2.18. The Kier molecular flexibility index (Phi) is 4.15. The van der Waals surface area contributed by atoms with Crippen molar-refractivity contribution < 1.29 is 4.79 Å². The van der Waals surface area contributed by atoms with Crippen LogP contribution in [-0.2, 0) is 11.2 Å². The van der Waals surface area contributed by atoms with Gasteiger partial charge in [0.25, 0.3) is 5.78 Å². The highest BCUT2D eigenvalue weighted by molar-refractivity contribution is 7.98. The van der Waals surface area contributed by atoms with Crippen LogP contribution < -0.4 is 0 Å². The number of aromatic nitrogens is 4. The molecule has 116 valence electrons. The number of carbonyl (C=O) groups excluding carboxylic acids is 1. The number of carbonyl (C=O) groups is 1. The van der Waals surface area contributed by atoms with E-state index >= 15 is 0 Å². The third-order valence-electron chi connectivity index (χ3n) is 3.95. The molecule has 7 heteroatoms. The van der Waals surface area contributed by atoms with E-state index in [2.05, 4.69) is 21.1 Å². The van der Waals surface area contributed by atoms with E-state index in [1.807, 2.05) is 31.1 Å². The van der Waals surface area contributed by atoms with E-state index < -0.39 is 0 Å². The van der Waals surface area contributed by atoms with Gasteiger partial charge in [0.15, 0.2) is 0 Å². The van der Waals surface area contributed by atoms with Crippen LogP contribution in [0.15, 0.2) is 17.3 Å². The molecule has 0 atom stereocenters. The van der Waals surface area contributed by atoms with Gasteiger partial charge < -0.3 is 4.90 Å². The Bertz CT molecular complexity index is 752. The zero-order valence-corrected chi connectivity index (χ0v) is 13.9. The molecule has 0 radical (unpaired) electrons. The molecule has 2 aromatic heterocycles. The van der Waals surface area contributed by atoms with Gasteiger partial charge in [0.1, 0.15) is 0 Å². The monoisotopic (exact) mass is 317 g/mol. The minimum absolute atomic E-state index is 0.141. The number of nitrogens with zero attached hydrogens (tertiary/aromatic N) is 5. The van der Waals surface area contributed by atoms with E-state index in [0.29, 0.717) is 23.9 Å². The van der Waals surface area contributed by atoms with Crippen LogP contribution in [0, 0.1) is 13.8 Å². The second-order valence-corrected chi connectivity index (χ2v) is 6.12. The van der Waals surface area contributed by atoms with Crippen molar-refractivity contribution in [1.82, 2.24) is 24.5 Å². The molecule has 0 unspecified atom stereocenters. The van der Waals surface area contributed by atoms with Crippen molar-refractivity contribution in [2.45, 2.75) is 31.8 Å². The Labute approximate surface area is 133 Å². The summed E-state index contributed by atoms with van der Waals surface area (Å²) in [6.45, 7) is 5.40. The van der Waals surface area contributed by atoms with Gasteiger partial charge in [-0.25, -0.2) is 9.50 Å². The topological polar surface area (TPSA) is 63.4 Å². The average Bonchev–Trinajstić information content (AvgIpc) is 2.95. The summed E-state index contributed by atoms with van der Waals surface area (Å²) in [6.07, 6.45) is 7.40. The van der Waals surface area contributed by atoms with Crippen LogP contribution in [0.5, 0.6) is 0 Å². The normalized spacial score (nSPS) is 14.8. The largest absolute Gasteiger partial charge is 0.338 e. The van der Waals surface area contributed by atoms with Crippen LogP contribution in [0.25, 0.3) is 5.78 Å². The SMILES string of the molecule is CSc1nc2nc(C)c(CC(=O)N3CC=CCC3)c(C)n2n1.